The second-order valence-corrected chi connectivity index (χ2v) is 2.51. The van der Waals surface area contributed by atoms with Crippen LogP contribution in [-0.4, -0.2) is 0 Å². The van der Waals surface area contributed by atoms with Gasteiger partial charge in [-0.25, -0.2) is 6.08 Å². The van der Waals surface area contributed by atoms with Gasteiger partial charge < -0.3 is 0 Å². The molecule has 11 heavy (non-hydrogen) atoms. The van der Waals surface area contributed by atoms with Crippen LogP contribution in [0.1, 0.15) is 12.8 Å². The molecule has 1 aromatic carbocycles. The molecule has 0 heterocycles. The van der Waals surface area contributed by atoms with Crippen molar-refractivity contribution in [3.63, 3.8) is 0 Å². The van der Waals surface area contributed by atoms with Gasteiger partial charge in [0.05, 0.1) is 0 Å². The van der Waals surface area contributed by atoms with E-state index in [2.05, 4.69) is 36.4 Å². The zero-order chi connectivity index (χ0) is 6.81. The van der Waals surface area contributed by atoms with Gasteiger partial charge in [-0.05, 0) is 0 Å². The molecule has 1 aliphatic carbocycles. The Balaban J connectivity index is 0.000000605. The molecular formula is C10H9U-. The fourth-order valence-corrected chi connectivity index (χ4v) is 1.27. The number of fused-ring (bicyclic) bond motifs is 1. The molecule has 0 nitrogen and oxygen atoms in total. The normalized spacial score (nSPS) is 13.5. The van der Waals surface area contributed by atoms with Gasteiger partial charge in [-0.3, -0.25) is 0 Å². The molecule has 1 aromatic rings. The Hall–Kier alpha value is 0.0119. The van der Waals surface area contributed by atoms with E-state index in [1.165, 1.54) is 10.4 Å². The van der Waals surface area contributed by atoms with Gasteiger partial charge in [0.2, 0.25) is 0 Å². The van der Waals surface area contributed by atoms with Gasteiger partial charge in [0, 0.05) is 31.1 Å². The molecule has 2 rings (SSSR count). The van der Waals surface area contributed by atoms with Crippen molar-refractivity contribution in [1.29, 1.82) is 0 Å². The van der Waals surface area contributed by atoms with E-state index in [0.29, 0.717) is 0 Å². The topological polar surface area (TPSA) is 0 Å². The van der Waals surface area contributed by atoms with Gasteiger partial charge in [0.25, 0.3) is 0 Å². The van der Waals surface area contributed by atoms with E-state index >= 15 is 0 Å². The summed E-state index contributed by atoms with van der Waals surface area (Å²) >= 11 is 0. The predicted octanol–water partition coefficient (Wildman–Crippen LogP) is 0.918. The average Bonchev–Trinajstić information content (AvgIpc) is 2.05. The standard InChI is InChI=1S/C10H9.U/c1-2-6-10-8-4-3-7-9(10)5-1;/h1-2,5-7H,3-4H2;/q-1;. The maximum atomic E-state index is 3.33. The van der Waals surface area contributed by atoms with Gasteiger partial charge in [0.15, 0.2) is 0 Å². The van der Waals surface area contributed by atoms with E-state index < -0.39 is 0 Å². The SMILES string of the molecule is [C-]1=c2ccccc2=CCC1.[U]. The molecule has 0 aliphatic heterocycles. The van der Waals surface area contributed by atoms with Crippen molar-refractivity contribution in [2.75, 3.05) is 0 Å². The van der Waals surface area contributed by atoms with Crippen LogP contribution in [0.4, 0.5) is 0 Å². The summed E-state index contributed by atoms with van der Waals surface area (Å²) in [6.07, 6.45) is 7.83. The average molecular weight is 367 g/mol. The van der Waals surface area contributed by atoms with Crippen LogP contribution >= 0.6 is 0 Å². The molecule has 0 fully saturated rings. The Morgan fingerprint density at radius 2 is 2.00 bits per heavy atom. The van der Waals surface area contributed by atoms with E-state index in [1.54, 1.807) is 0 Å². The molecule has 1 heteroatoms. The largest absolute Gasteiger partial charge is 0.200 e. The summed E-state index contributed by atoms with van der Waals surface area (Å²) in [5.41, 5.74) is 0. The molecule has 0 unspecified atom stereocenters. The van der Waals surface area contributed by atoms with Gasteiger partial charge in [0.1, 0.15) is 0 Å². The summed E-state index contributed by atoms with van der Waals surface area (Å²) in [7, 11) is 0. The van der Waals surface area contributed by atoms with Crippen molar-refractivity contribution in [3.8, 4) is 0 Å². The third kappa shape index (κ3) is 1.98. The minimum Gasteiger partial charge on any atom is -0.200 e. The van der Waals surface area contributed by atoms with Crippen LogP contribution < -0.4 is 10.4 Å². The molecule has 0 N–H and O–H groups in total. The third-order valence-corrected chi connectivity index (χ3v) is 1.78. The Kier molecular flexibility index (Phi) is 3.43. The summed E-state index contributed by atoms with van der Waals surface area (Å²) in [6.45, 7) is 0. The Morgan fingerprint density at radius 3 is 2.82 bits per heavy atom. The number of hydrogen-bond acceptors (Lipinski definition) is 0. The monoisotopic (exact) mass is 367 g/mol. The van der Waals surface area contributed by atoms with E-state index in [1.807, 2.05) is 0 Å². The van der Waals surface area contributed by atoms with Crippen molar-refractivity contribution in [1.82, 2.24) is 0 Å². The summed E-state index contributed by atoms with van der Waals surface area (Å²) < 4.78 is 0. The second-order valence-electron chi connectivity index (χ2n) is 2.51. The molecule has 0 bridgehead atoms. The molecule has 0 saturated heterocycles. The molecule has 1 aliphatic rings. The van der Waals surface area contributed by atoms with E-state index in [9.17, 15) is 0 Å². The number of benzene rings is 1. The van der Waals surface area contributed by atoms with Crippen LogP contribution in [0, 0.1) is 31.1 Å². The van der Waals surface area contributed by atoms with Crippen LogP contribution in [0.3, 0.4) is 0 Å². The molecule has 0 saturated carbocycles. The third-order valence-electron chi connectivity index (χ3n) is 1.78. The molecule has 0 atom stereocenters. The summed E-state index contributed by atoms with van der Waals surface area (Å²) in [6, 6.07) is 8.39. The Bertz CT molecular complexity index is 303. The molecule has 0 aromatic heterocycles. The van der Waals surface area contributed by atoms with Crippen LogP contribution in [0.5, 0.6) is 0 Å². The van der Waals surface area contributed by atoms with Crippen LogP contribution in [0.25, 0.3) is 12.2 Å². The zero-order valence-electron chi connectivity index (χ0n) is 6.30. The quantitative estimate of drug-likeness (QED) is 0.599. The maximum absolute atomic E-state index is 3.33. The molecular weight excluding hydrogens is 358 g/mol. The van der Waals surface area contributed by atoms with Crippen molar-refractivity contribution in [3.05, 3.63) is 34.7 Å². The first kappa shape index (κ1) is 9.10. The second kappa shape index (κ2) is 4.14. The first-order valence-corrected chi connectivity index (χ1v) is 3.63. The van der Waals surface area contributed by atoms with Crippen LogP contribution in [0.2, 0.25) is 0 Å². The van der Waals surface area contributed by atoms with Crippen molar-refractivity contribution in [2.45, 2.75) is 12.8 Å². The van der Waals surface area contributed by atoms with Gasteiger partial charge in [-0.15, -0.1) is 23.4 Å². The van der Waals surface area contributed by atoms with Crippen molar-refractivity contribution < 1.29 is 31.1 Å². The zero-order valence-corrected chi connectivity index (χ0v) is 10.5. The first-order valence-electron chi connectivity index (χ1n) is 3.63. The molecule has 0 spiro atoms. The summed E-state index contributed by atoms with van der Waals surface area (Å²) in [5, 5.41) is 2.61. The Labute approximate surface area is 90.4 Å². The van der Waals surface area contributed by atoms with E-state index in [0.717, 1.165) is 12.8 Å². The molecule has 54 valence electrons. The van der Waals surface area contributed by atoms with Crippen molar-refractivity contribution in [2.24, 2.45) is 0 Å². The number of hydrogen-bond donors (Lipinski definition) is 0. The minimum absolute atomic E-state index is 0. The van der Waals surface area contributed by atoms with Crippen LogP contribution in [-0.2, 0) is 0 Å². The summed E-state index contributed by atoms with van der Waals surface area (Å²) in [5.74, 6) is 0. The van der Waals surface area contributed by atoms with E-state index in [-0.39, 0.29) is 31.1 Å². The predicted molar refractivity (Wildman–Crippen MR) is 42.8 cm³/mol. The van der Waals surface area contributed by atoms with E-state index in [4.69, 9.17) is 0 Å². The van der Waals surface area contributed by atoms with Gasteiger partial charge >= 0.3 is 0 Å². The molecule has 0 amide bonds. The Morgan fingerprint density at radius 1 is 1.18 bits per heavy atom. The molecule has 0 radical (unpaired) electrons. The summed E-state index contributed by atoms with van der Waals surface area (Å²) in [4.78, 5) is 0. The van der Waals surface area contributed by atoms with Crippen LogP contribution in [0.15, 0.2) is 24.3 Å². The van der Waals surface area contributed by atoms with Gasteiger partial charge in [-0.2, -0.15) is 11.3 Å². The fraction of sp³-hybridized carbons (Fsp3) is 0.200. The number of rotatable bonds is 0. The fourth-order valence-electron chi connectivity index (χ4n) is 1.27. The van der Waals surface area contributed by atoms with Crippen molar-refractivity contribution >= 4 is 12.2 Å². The first-order chi connectivity index (χ1) is 4.97. The minimum atomic E-state index is 0. The van der Waals surface area contributed by atoms with Gasteiger partial charge in [-0.1, -0.05) is 18.9 Å². The smallest absolute Gasteiger partial charge is 0 e. The maximum Gasteiger partial charge on any atom is 0 e.